The summed E-state index contributed by atoms with van der Waals surface area (Å²) in [5.41, 5.74) is 1.20. The lowest BCUT2D eigenvalue weighted by atomic mass is 10.1. The zero-order chi connectivity index (χ0) is 17.8. The van der Waals surface area contributed by atoms with E-state index in [4.69, 9.17) is 0 Å². The molecule has 3 rings (SSSR count). The van der Waals surface area contributed by atoms with E-state index in [1.54, 1.807) is 6.20 Å². The Morgan fingerprint density at radius 1 is 1.16 bits per heavy atom. The lowest BCUT2D eigenvalue weighted by Gasteiger charge is -2.38. The minimum Gasteiger partial charge on any atom is -0.387 e. The number of nitrogens with zero attached hydrogens (tertiary/aromatic N) is 3. The maximum Gasteiger partial charge on any atom is 0.129 e. The normalized spacial score (nSPS) is 18.9. The van der Waals surface area contributed by atoms with Crippen LogP contribution in [0, 0.1) is 11.6 Å². The van der Waals surface area contributed by atoms with Gasteiger partial charge in [-0.1, -0.05) is 6.07 Å². The Bertz CT molecular complexity index is 690. The predicted molar refractivity (Wildman–Crippen MR) is 92.0 cm³/mol. The Hall–Kier alpha value is -1.89. The molecule has 1 aromatic heterocycles. The fraction of sp³-hybridized carbons (Fsp3) is 0.421. The van der Waals surface area contributed by atoms with Crippen molar-refractivity contribution in [2.45, 2.75) is 19.1 Å². The van der Waals surface area contributed by atoms with Gasteiger partial charge < -0.3 is 5.11 Å². The van der Waals surface area contributed by atoms with Gasteiger partial charge in [-0.05, 0) is 36.8 Å². The van der Waals surface area contributed by atoms with E-state index in [0.29, 0.717) is 6.54 Å². The first-order chi connectivity index (χ1) is 12.0. The van der Waals surface area contributed by atoms with E-state index in [1.165, 1.54) is 5.56 Å². The quantitative estimate of drug-likeness (QED) is 0.903. The van der Waals surface area contributed by atoms with Gasteiger partial charge in [-0.2, -0.15) is 0 Å². The van der Waals surface area contributed by atoms with Gasteiger partial charge in [0.15, 0.2) is 0 Å². The summed E-state index contributed by atoms with van der Waals surface area (Å²) in [5, 5.41) is 10.3. The second kappa shape index (κ2) is 7.99. The molecule has 1 fully saturated rings. The number of aromatic nitrogens is 1. The van der Waals surface area contributed by atoms with Gasteiger partial charge in [-0.25, -0.2) is 8.78 Å². The van der Waals surface area contributed by atoms with E-state index in [2.05, 4.69) is 27.8 Å². The lowest BCUT2D eigenvalue weighted by Crippen LogP contribution is -2.48. The van der Waals surface area contributed by atoms with E-state index in [9.17, 15) is 13.9 Å². The summed E-state index contributed by atoms with van der Waals surface area (Å²) in [6.45, 7) is 5.72. The maximum atomic E-state index is 13.8. The highest BCUT2D eigenvalue weighted by atomic mass is 19.1. The number of pyridine rings is 1. The van der Waals surface area contributed by atoms with Crippen LogP contribution in [0.1, 0.15) is 30.2 Å². The Kier molecular flexibility index (Phi) is 5.73. The van der Waals surface area contributed by atoms with Crippen LogP contribution in [0.4, 0.5) is 8.78 Å². The van der Waals surface area contributed by atoms with Crippen LogP contribution in [0.2, 0.25) is 0 Å². The minimum atomic E-state index is -1.03. The zero-order valence-electron chi connectivity index (χ0n) is 14.3. The van der Waals surface area contributed by atoms with Crippen molar-refractivity contribution in [3.05, 3.63) is 65.5 Å². The van der Waals surface area contributed by atoms with E-state index in [1.807, 2.05) is 12.3 Å². The van der Waals surface area contributed by atoms with Crippen molar-refractivity contribution < 1.29 is 13.9 Å². The summed E-state index contributed by atoms with van der Waals surface area (Å²) in [6, 6.07) is 7.47. The third-order valence-electron chi connectivity index (χ3n) is 4.87. The number of β-amino-alcohol motifs (C(OH)–C–C–N with tert-alkyl or cyclic N) is 1. The molecule has 0 radical (unpaired) electrons. The van der Waals surface area contributed by atoms with Gasteiger partial charge in [0, 0.05) is 56.7 Å². The van der Waals surface area contributed by atoms with Gasteiger partial charge in [-0.3, -0.25) is 14.8 Å². The number of hydrogen-bond acceptors (Lipinski definition) is 4. The monoisotopic (exact) mass is 347 g/mol. The molecule has 1 saturated heterocycles. The van der Waals surface area contributed by atoms with Crippen molar-refractivity contribution >= 4 is 0 Å². The number of aliphatic hydroxyl groups excluding tert-OH is 1. The molecule has 0 spiro atoms. The second-order valence-corrected chi connectivity index (χ2v) is 6.48. The smallest absolute Gasteiger partial charge is 0.129 e. The number of benzene rings is 1. The maximum absolute atomic E-state index is 13.8. The molecule has 1 aliphatic rings. The van der Waals surface area contributed by atoms with Gasteiger partial charge in [0.1, 0.15) is 11.6 Å². The van der Waals surface area contributed by atoms with Crippen LogP contribution in [-0.2, 0) is 0 Å². The third-order valence-corrected chi connectivity index (χ3v) is 4.87. The molecule has 134 valence electrons. The van der Waals surface area contributed by atoms with Crippen molar-refractivity contribution in [1.82, 2.24) is 14.8 Å². The summed E-state index contributed by atoms with van der Waals surface area (Å²) in [4.78, 5) is 8.62. The molecule has 0 aliphatic carbocycles. The molecule has 0 saturated carbocycles. The van der Waals surface area contributed by atoms with Gasteiger partial charge in [0.2, 0.25) is 0 Å². The Labute approximate surface area is 146 Å². The van der Waals surface area contributed by atoms with Crippen LogP contribution in [0.25, 0.3) is 0 Å². The van der Waals surface area contributed by atoms with Crippen LogP contribution in [0.15, 0.2) is 42.7 Å². The fourth-order valence-electron chi connectivity index (χ4n) is 3.28. The van der Waals surface area contributed by atoms with E-state index < -0.39 is 17.7 Å². The van der Waals surface area contributed by atoms with Gasteiger partial charge in [0.05, 0.1) is 6.10 Å². The molecule has 1 N–H and O–H groups in total. The first-order valence-electron chi connectivity index (χ1n) is 8.54. The molecular weight excluding hydrogens is 324 g/mol. The average molecular weight is 347 g/mol. The Morgan fingerprint density at radius 3 is 2.60 bits per heavy atom. The third kappa shape index (κ3) is 4.39. The molecule has 2 aromatic rings. The highest BCUT2D eigenvalue weighted by Crippen LogP contribution is 2.23. The molecule has 0 amide bonds. The molecule has 4 nitrogen and oxygen atoms in total. The molecule has 25 heavy (non-hydrogen) atoms. The van der Waals surface area contributed by atoms with Crippen LogP contribution in [0.3, 0.4) is 0 Å². The zero-order valence-corrected chi connectivity index (χ0v) is 14.3. The van der Waals surface area contributed by atoms with Crippen molar-refractivity contribution in [1.29, 1.82) is 0 Å². The number of aliphatic hydroxyl groups is 1. The molecule has 2 unspecified atom stereocenters. The summed E-state index contributed by atoms with van der Waals surface area (Å²) in [7, 11) is 0. The fourth-order valence-corrected chi connectivity index (χ4v) is 3.28. The van der Waals surface area contributed by atoms with Gasteiger partial charge in [-0.15, -0.1) is 0 Å². The van der Waals surface area contributed by atoms with Gasteiger partial charge in [0.25, 0.3) is 0 Å². The summed E-state index contributed by atoms with van der Waals surface area (Å²) < 4.78 is 27.1. The molecule has 1 aromatic carbocycles. The Balaban J connectivity index is 1.55. The second-order valence-electron chi connectivity index (χ2n) is 6.48. The highest BCUT2D eigenvalue weighted by molar-refractivity contribution is 5.21. The topological polar surface area (TPSA) is 39.6 Å². The van der Waals surface area contributed by atoms with Crippen molar-refractivity contribution in [3.8, 4) is 0 Å². The van der Waals surface area contributed by atoms with Crippen LogP contribution < -0.4 is 0 Å². The molecule has 6 heteroatoms. The number of halogens is 2. The van der Waals surface area contributed by atoms with Crippen LogP contribution in [-0.4, -0.2) is 52.6 Å². The lowest BCUT2D eigenvalue weighted by molar-refractivity contribution is 0.0575. The largest absolute Gasteiger partial charge is 0.387 e. The first kappa shape index (κ1) is 17.9. The van der Waals surface area contributed by atoms with Crippen LogP contribution in [0.5, 0.6) is 0 Å². The summed E-state index contributed by atoms with van der Waals surface area (Å²) in [6.07, 6.45) is 2.62. The van der Waals surface area contributed by atoms with Crippen molar-refractivity contribution in [2.24, 2.45) is 0 Å². The summed E-state index contributed by atoms with van der Waals surface area (Å²) >= 11 is 0. The molecule has 1 aliphatic heterocycles. The Morgan fingerprint density at radius 2 is 1.92 bits per heavy atom. The SMILES string of the molecule is CC(c1cccnc1)N1CCN(CC(O)c2cc(F)ccc2F)CC1. The van der Waals surface area contributed by atoms with Gasteiger partial charge >= 0.3 is 0 Å². The standard InChI is InChI=1S/C19H23F2N3O/c1-14(15-3-2-6-22-12-15)24-9-7-23(8-10-24)13-19(25)17-11-16(20)4-5-18(17)21/h2-6,11-12,14,19,25H,7-10,13H2,1H3. The van der Waals surface area contributed by atoms with Crippen molar-refractivity contribution in [3.63, 3.8) is 0 Å². The number of hydrogen-bond donors (Lipinski definition) is 1. The van der Waals surface area contributed by atoms with E-state index >= 15 is 0 Å². The summed E-state index contributed by atoms with van der Waals surface area (Å²) in [5.74, 6) is -1.11. The van der Waals surface area contributed by atoms with Crippen LogP contribution >= 0.6 is 0 Å². The molecule has 2 atom stereocenters. The van der Waals surface area contributed by atoms with E-state index in [0.717, 1.165) is 44.4 Å². The predicted octanol–water partition coefficient (Wildman–Crippen LogP) is 2.77. The first-order valence-corrected chi connectivity index (χ1v) is 8.54. The average Bonchev–Trinajstić information content (AvgIpc) is 2.64. The van der Waals surface area contributed by atoms with E-state index in [-0.39, 0.29) is 11.6 Å². The van der Waals surface area contributed by atoms with Crippen molar-refractivity contribution in [2.75, 3.05) is 32.7 Å². The molecular formula is C19H23F2N3O. The highest BCUT2D eigenvalue weighted by Gasteiger charge is 2.24. The minimum absolute atomic E-state index is 0.0196. The number of rotatable bonds is 5. The molecule has 2 heterocycles. The number of piperazine rings is 1. The molecule has 0 bridgehead atoms.